The van der Waals surface area contributed by atoms with Crippen LogP contribution in [0.2, 0.25) is 0 Å². The minimum atomic E-state index is -0.636. The first-order chi connectivity index (χ1) is 17.8. The van der Waals surface area contributed by atoms with E-state index in [4.69, 9.17) is 0 Å². The summed E-state index contributed by atoms with van der Waals surface area (Å²) in [5, 5.41) is 11.1. The fraction of sp³-hybridized carbons (Fsp3) is 0.345. The highest BCUT2D eigenvalue weighted by Gasteiger charge is 2.44. The van der Waals surface area contributed by atoms with Gasteiger partial charge < -0.3 is 14.9 Å². The molecular formula is C29H32N4O3S. The highest BCUT2D eigenvalue weighted by atomic mass is 32.1. The lowest BCUT2D eigenvalue weighted by atomic mass is 9.94. The van der Waals surface area contributed by atoms with Crippen LogP contribution in [0.15, 0.2) is 59.9 Å². The molecule has 7 nitrogen and oxygen atoms in total. The molecular weight excluding hydrogens is 484 g/mol. The molecule has 2 aromatic heterocycles. The fourth-order valence-corrected chi connectivity index (χ4v) is 6.31. The van der Waals surface area contributed by atoms with E-state index >= 15 is 0 Å². The van der Waals surface area contributed by atoms with Gasteiger partial charge in [0.2, 0.25) is 5.78 Å². The van der Waals surface area contributed by atoms with Gasteiger partial charge in [0.25, 0.3) is 5.91 Å². The van der Waals surface area contributed by atoms with Gasteiger partial charge in [0.1, 0.15) is 0 Å². The number of aryl methyl sites for hydroxylation is 2. The Labute approximate surface area is 220 Å². The minimum Gasteiger partial charge on any atom is -0.503 e. The standard InChI is InChI=1S/C29H32N4O3S/c1-5-31(6-2)16-9-17-32-24(20-14-12-18(3)13-15-20)23(26(35)28(32)36)25(34)27-19(4)33-22-11-8-7-10-21(22)30-29(33)37-27/h7-8,10-15,24,35H,5-6,9,16-17H2,1-4H3. The quantitative estimate of drug-likeness (QED) is 0.298. The lowest BCUT2D eigenvalue weighted by molar-refractivity contribution is -0.129. The zero-order valence-corrected chi connectivity index (χ0v) is 22.5. The fourth-order valence-electron chi connectivity index (χ4n) is 5.21. The number of imidazole rings is 1. The molecule has 4 aromatic rings. The van der Waals surface area contributed by atoms with Gasteiger partial charge in [-0.2, -0.15) is 0 Å². The van der Waals surface area contributed by atoms with Gasteiger partial charge in [-0.1, -0.05) is 67.1 Å². The molecule has 0 fully saturated rings. The first kappa shape index (κ1) is 25.2. The van der Waals surface area contributed by atoms with Gasteiger partial charge in [-0.15, -0.1) is 0 Å². The van der Waals surface area contributed by atoms with Gasteiger partial charge in [-0.3, -0.25) is 14.0 Å². The molecule has 0 saturated heterocycles. The number of aliphatic hydroxyl groups is 1. The lowest BCUT2D eigenvalue weighted by Crippen LogP contribution is -2.34. The number of fused-ring (bicyclic) bond motifs is 3. The summed E-state index contributed by atoms with van der Waals surface area (Å²) >= 11 is 1.30. The Morgan fingerprint density at radius 3 is 2.49 bits per heavy atom. The molecule has 1 amide bonds. The largest absolute Gasteiger partial charge is 0.503 e. The number of ketones is 1. The molecule has 0 radical (unpaired) electrons. The molecule has 0 spiro atoms. The normalized spacial score (nSPS) is 16.2. The predicted molar refractivity (Wildman–Crippen MR) is 147 cm³/mol. The highest BCUT2D eigenvalue weighted by molar-refractivity contribution is 7.19. The van der Waals surface area contributed by atoms with Gasteiger partial charge in [0, 0.05) is 12.2 Å². The summed E-state index contributed by atoms with van der Waals surface area (Å²) in [5.41, 5.74) is 4.61. The SMILES string of the molecule is CCN(CC)CCCN1C(=O)C(O)=C(C(=O)c2sc3nc4ccccc4n3c2C)C1c1ccc(C)cc1. The van der Waals surface area contributed by atoms with E-state index in [9.17, 15) is 14.7 Å². The minimum absolute atomic E-state index is 0.147. The second-order valence-electron chi connectivity index (χ2n) is 9.52. The van der Waals surface area contributed by atoms with Crippen LogP contribution in [0.1, 0.15) is 52.8 Å². The molecule has 1 unspecified atom stereocenters. The Morgan fingerprint density at radius 2 is 1.78 bits per heavy atom. The van der Waals surface area contributed by atoms with Gasteiger partial charge in [-0.05, 0) is 57.6 Å². The Balaban J connectivity index is 1.54. The second kappa shape index (κ2) is 10.1. The average molecular weight is 517 g/mol. The number of carbonyl (C=O) groups is 2. The average Bonchev–Trinajstić information content (AvgIpc) is 3.51. The Hall–Kier alpha value is -3.49. The van der Waals surface area contributed by atoms with Crippen LogP contribution in [0, 0.1) is 13.8 Å². The maximum Gasteiger partial charge on any atom is 0.290 e. The number of thiazole rings is 1. The van der Waals surface area contributed by atoms with Crippen LogP contribution in [0.3, 0.4) is 0 Å². The van der Waals surface area contributed by atoms with E-state index < -0.39 is 17.7 Å². The van der Waals surface area contributed by atoms with Gasteiger partial charge in [0.05, 0.1) is 27.5 Å². The highest BCUT2D eigenvalue weighted by Crippen LogP contribution is 2.41. The van der Waals surface area contributed by atoms with Crippen molar-refractivity contribution in [1.29, 1.82) is 0 Å². The molecule has 1 aliphatic rings. The van der Waals surface area contributed by atoms with Crippen molar-refractivity contribution in [1.82, 2.24) is 19.2 Å². The summed E-state index contributed by atoms with van der Waals surface area (Å²) in [4.78, 5) is 37.2. The van der Waals surface area contributed by atoms with Crippen molar-refractivity contribution < 1.29 is 14.7 Å². The van der Waals surface area contributed by atoms with Crippen molar-refractivity contribution in [3.05, 3.63) is 81.6 Å². The monoisotopic (exact) mass is 516 g/mol. The second-order valence-corrected chi connectivity index (χ2v) is 10.5. The van der Waals surface area contributed by atoms with Crippen LogP contribution in [0.5, 0.6) is 0 Å². The summed E-state index contributed by atoms with van der Waals surface area (Å²) in [6, 6.07) is 15.0. The van der Waals surface area contributed by atoms with E-state index in [0.717, 1.165) is 58.9 Å². The van der Waals surface area contributed by atoms with Crippen LogP contribution in [0.4, 0.5) is 0 Å². The summed E-state index contributed by atoms with van der Waals surface area (Å²) in [5.74, 6) is -1.26. The van der Waals surface area contributed by atoms with E-state index in [1.165, 1.54) is 11.3 Å². The number of benzene rings is 2. The molecule has 3 heterocycles. The molecule has 8 heteroatoms. The van der Waals surface area contributed by atoms with Crippen LogP contribution in [-0.2, 0) is 4.79 Å². The Kier molecular flexibility index (Phi) is 6.88. The topological polar surface area (TPSA) is 78.2 Å². The van der Waals surface area contributed by atoms with Crippen molar-refractivity contribution in [3.8, 4) is 0 Å². The third kappa shape index (κ3) is 4.34. The number of hydrogen-bond donors (Lipinski definition) is 1. The van der Waals surface area contributed by atoms with Crippen molar-refractivity contribution in [3.63, 3.8) is 0 Å². The van der Waals surface area contributed by atoms with E-state index in [-0.39, 0.29) is 11.4 Å². The molecule has 0 saturated carbocycles. The number of hydrogen-bond acceptors (Lipinski definition) is 6. The number of rotatable bonds is 9. The molecule has 5 rings (SSSR count). The number of aromatic nitrogens is 2. The van der Waals surface area contributed by atoms with Crippen LogP contribution in [-0.4, -0.2) is 62.2 Å². The van der Waals surface area contributed by atoms with Crippen molar-refractivity contribution in [2.75, 3.05) is 26.2 Å². The number of amides is 1. The first-order valence-corrected chi connectivity index (χ1v) is 13.6. The molecule has 1 N–H and O–H groups in total. The van der Waals surface area contributed by atoms with Crippen LogP contribution in [0.25, 0.3) is 16.0 Å². The van der Waals surface area contributed by atoms with E-state index in [1.54, 1.807) is 4.90 Å². The number of Topliss-reactive ketones (excluding diaryl/α,β-unsaturated/α-hetero) is 1. The summed E-state index contributed by atoms with van der Waals surface area (Å²) in [6.45, 7) is 11.3. The van der Waals surface area contributed by atoms with Gasteiger partial charge in [0.15, 0.2) is 10.7 Å². The third-order valence-electron chi connectivity index (χ3n) is 7.30. The van der Waals surface area contributed by atoms with E-state index in [1.807, 2.05) is 66.8 Å². The zero-order valence-electron chi connectivity index (χ0n) is 21.7. The van der Waals surface area contributed by atoms with Gasteiger partial charge in [-0.25, -0.2) is 4.98 Å². The van der Waals surface area contributed by atoms with Crippen molar-refractivity contribution in [2.24, 2.45) is 0 Å². The Bertz CT molecular complexity index is 1510. The molecule has 1 atom stereocenters. The molecule has 192 valence electrons. The molecule has 2 aromatic carbocycles. The number of carbonyl (C=O) groups excluding carboxylic acids is 2. The summed E-state index contributed by atoms with van der Waals surface area (Å²) in [6.07, 6.45) is 0.752. The lowest BCUT2D eigenvalue weighted by Gasteiger charge is -2.28. The van der Waals surface area contributed by atoms with E-state index in [2.05, 4.69) is 23.7 Å². The van der Waals surface area contributed by atoms with Crippen molar-refractivity contribution >= 4 is 39.0 Å². The van der Waals surface area contributed by atoms with Crippen LogP contribution >= 0.6 is 11.3 Å². The number of aliphatic hydroxyl groups excluding tert-OH is 1. The molecule has 0 bridgehead atoms. The maximum absolute atomic E-state index is 14.1. The smallest absolute Gasteiger partial charge is 0.290 e. The van der Waals surface area contributed by atoms with Gasteiger partial charge >= 0.3 is 0 Å². The number of nitrogens with zero attached hydrogens (tertiary/aromatic N) is 4. The van der Waals surface area contributed by atoms with E-state index in [0.29, 0.717) is 11.4 Å². The maximum atomic E-state index is 14.1. The predicted octanol–water partition coefficient (Wildman–Crippen LogP) is 5.48. The number of para-hydroxylation sites is 2. The summed E-state index contributed by atoms with van der Waals surface area (Å²) in [7, 11) is 0. The van der Waals surface area contributed by atoms with Crippen LogP contribution < -0.4 is 0 Å². The molecule has 37 heavy (non-hydrogen) atoms. The summed E-state index contributed by atoms with van der Waals surface area (Å²) < 4.78 is 1.98. The third-order valence-corrected chi connectivity index (χ3v) is 8.44. The Morgan fingerprint density at radius 1 is 1.08 bits per heavy atom. The van der Waals surface area contributed by atoms with Crippen molar-refractivity contribution in [2.45, 2.75) is 40.2 Å². The molecule has 1 aliphatic heterocycles. The first-order valence-electron chi connectivity index (χ1n) is 12.8. The zero-order chi connectivity index (χ0) is 26.3. The molecule has 0 aliphatic carbocycles.